The van der Waals surface area contributed by atoms with Crippen molar-refractivity contribution in [1.82, 2.24) is 4.98 Å². The molecule has 3 aromatic rings. The Bertz CT molecular complexity index is 947. The molecule has 0 saturated carbocycles. The van der Waals surface area contributed by atoms with Crippen LogP contribution in [0.5, 0.6) is 0 Å². The summed E-state index contributed by atoms with van der Waals surface area (Å²) in [5.74, 6) is -0.00954. The number of carbonyl (C=O) groups excluding carboxylic acids is 1. The number of anilines is 2. The van der Waals surface area contributed by atoms with Crippen LogP contribution in [0.2, 0.25) is 0 Å². The third-order valence-corrected chi connectivity index (χ3v) is 5.81. The van der Waals surface area contributed by atoms with Crippen LogP contribution in [-0.2, 0) is 12.8 Å². The van der Waals surface area contributed by atoms with Gasteiger partial charge >= 0.3 is 0 Å². The summed E-state index contributed by atoms with van der Waals surface area (Å²) >= 11 is 1.41. The van der Waals surface area contributed by atoms with Gasteiger partial charge in [-0.1, -0.05) is 31.5 Å². The Kier molecular flexibility index (Phi) is 4.17. The van der Waals surface area contributed by atoms with Gasteiger partial charge in [-0.25, -0.2) is 4.98 Å². The first-order chi connectivity index (χ1) is 12.2. The van der Waals surface area contributed by atoms with Crippen molar-refractivity contribution < 1.29 is 4.79 Å². The standard InChI is InChI=1S/C20H21N3OS/c1-2-6-14-10-11-15-17(21)18(25-19(15)22-14)20(24)23-12-5-8-13-7-3-4-9-16(13)23/h3-4,7,9-11H,2,5-6,8,12,21H2,1H3. The Labute approximate surface area is 151 Å². The van der Waals surface area contributed by atoms with Crippen LogP contribution in [0.3, 0.4) is 0 Å². The summed E-state index contributed by atoms with van der Waals surface area (Å²) in [7, 11) is 0. The Morgan fingerprint density at radius 1 is 1.28 bits per heavy atom. The average molecular weight is 351 g/mol. The van der Waals surface area contributed by atoms with E-state index in [9.17, 15) is 4.79 Å². The molecule has 1 aromatic carbocycles. The van der Waals surface area contributed by atoms with E-state index >= 15 is 0 Å². The highest BCUT2D eigenvalue weighted by atomic mass is 32.1. The van der Waals surface area contributed by atoms with Gasteiger partial charge < -0.3 is 10.6 Å². The van der Waals surface area contributed by atoms with E-state index in [4.69, 9.17) is 5.73 Å². The van der Waals surface area contributed by atoms with Gasteiger partial charge in [0.2, 0.25) is 0 Å². The largest absolute Gasteiger partial charge is 0.397 e. The number of carbonyl (C=O) groups is 1. The smallest absolute Gasteiger partial charge is 0.270 e. The zero-order valence-electron chi connectivity index (χ0n) is 14.3. The van der Waals surface area contributed by atoms with Crippen molar-refractivity contribution in [2.24, 2.45) is 0 Å². The number of para-hydroxylation sites is 1. The highest BCUT2D eigenvalue weighted by Gasteiger charge is 2.27. The number of aryl methyl sites for hydroxylation is 2. The van der Waals surface area contributed by atoms with E-state index in [-0.39, 0.29) is 5.91 Å². The fourth-order valence-corrected chi connectivity index (χ4v) is 4.52. The predicted molar refractivity (Wildman–Crippen MR) is 104 cm³/mol. The maximum Gasteiger partial charge on any atom is 0.270 e. The van der Waals surface area contributed by atoms with Crippen molar-refractivity contribution in [3.8, 4) is 0 Å². The van der Waals surface area contributed by atoms with Crippen molar-refractivity contribution in [2.75, 3.05) is 17.2 Å². The van der Waals surface area contributed by atoms with Crippen LogP contribution in [-0.4, -0.2) is 17.4 Å². The minimum Gasteiger partial charge on any atom is -0.397 e. The molecule has 0 fully saturated rings. The molecule has 0 bridgehead atoms. The second-order valence-electron chi connectivity index (χ2n) is 6.44. The molecule has 1 aliphatic rings. The van der Waals surface area contributed by atoms with E-state index in [1.807, 2.05) is 35.2 Å². The molecule has 3 heterocycles. The van der Waals surface area contributed by atoms with E-state index in [1.54, 1.807) is 0 Å². The van der Waals surface area contributed by atoms with Gasteiger partial charge in [0.25, 0.3) is 5.91 Å². The molecule has 0 unspecified atom stereocenters. The topological polar surface area (TPSA) is 59.2 Å². The number of rotatable bonds is 3. The quantitative estimate of drug-likeness (QED) is 0.760. The Morgan fingerprint density at radius 3 is 2.96 bits per heavy atom. The molecule has 0 spiro atoms. The zero-order chi connectivity index (χ0) is 17.4. The number of nitrogens with two attached hydrogens (primary N) is 1. The lowest BCUT2D eigenvalue weighted by Gasteiger charge is -2.29. The van der Waals surface area contributed by atoms with Crippen molar-refractivity contribution in [3.05, 3.63) is 52.5 Å². The average Bonchev–Trinajstić information content (AvgIpc) is 2.97. The Balaban J connectivity index is 1.75. The van der Waals surface area contributed by atoms with Gasteiger partial charge in [0.05, 0.1) is 5.69 Å². The Morgan fingerprint density at radius 2 is 2.12 bits per heavy atom. The summed E-state index contributed by atoms with van der Waals surface area (Å²) < 4.78 is 0. The number of hydrogen-bond donors (Lipinski definition) is 1. The highest BCUT2D eigenvalue weighted by Crippen LogP contribution is 2.36. The fourth-order valence-electron chi connectivity index (χ4n) is 3.46. The van der Waals surface area contributed by atoms with E-state index in [1.165, 1.54) is 16.9 Å². The minimum atomic E-state index is -0.00954. The lowest BCUT2D eigenvalue weighted by atomic mass is 10.0. The monoisotopic (exact) mass is 351 g/mol. The first kappa shape index (κ1) is 16.1. The minimum absolute atomic E-state index is 0.00954. The number of aromatic nitrogens is 1. The molecule has 0 saturated heterocycles. The lowest BCUT2D eigenvalue weighted by molar-refractivity contribution is 0.0990. The van der Waals surface area contributed by atoms with Crippen LogP contribution in [0.1, 0.15) is 40.7 Å². The molecule has 2 aromatic heterocycles. The molecular formula is C20H21N3OS. The van der Waals surface area contributed by atoms with Crippen LogP contribution in [0, 0.1) is 0 Å². The summed E-state index contributed by atoms with van der Waals surface area (Å²) in [5, 5.41) is 0.887. The third kappa shape index (κ3) is 2.78. The molecule has 0 aliphatic carbocycles. The summed E-state index contributed by atoms with van der Waals surface area (Å²) in [6, 6.07) is 12.1. The first-order valence-electron chi connectivity index (χ1n) is 8.76. The number of benzene rings is 1. The first-order valence-corrected chi connectivity index (χ1v) is 9.58. The molecule has 128 valence electrons. The summed E-state index contributed by atoms with van der Waals surface area (Å²) in [5.41, 5.74) is 10.2. The molecule has 2 N–H and O–H groups in total. The SMILES string of the molecule is CCCc1ccc2c(N)c(C(=O)N3CCCc4ccccc43)sc2n1. The molecule has 1 aliphatic heterocycles. The third-order valence-electron chi connectivity index (χ3n) is 4.71. The van der Waals surface area contributed by atoms with Gasteiger partial charge in [-0.3, -0.25) is 4.79 Å². The maximum absolute atomic E-state index is 13.2. The summed E-state index contributed by atoms with van der Waals surface area (Å²) in [6.45, 7) is 2.87. The molecule has 4 nitrogen and oxygen atoms in total. The van der Waals surface area contributed by atoms with Crippen LogP contribution in [0.15, 0.2) is 36.4 Å². The van der Waals surface area contributed by atoms with Crippen molar-refractivity contribution in [3.63, 3.8) is 0 Å². The Hall–Kier alpha value is -2.40. The summed E-state index contributed by atoms with van der Waals surface area (Å²) in [4.78, 5) is 21.2. The second kappa shape index (κ2) is 6.48. The number of thiophene rings is 1. The second-order valence-corrected chi connectivity index (χ2v) is 7.44. The number of pyridine rings is 1. The normalized spacial score (nSPS) is 13.9. The van der Waals surface area contributed by atoms with Crippen molar-refractivity contribution in [1.29, 1.82) is 0 Å². The van der Waals surface area contributed by atoms with E-state index < -0.39 is 0 Å². The van der Waals surface area contributed by atoms with E-state index in [0.717, 1.165) is 53.8 Å². The molecular weight excluding hydrogens is 330 g/mol. The number of amides is 1. The molecule has 5 heteroatoms. The number of hydrogen-bond acceptors (Lipinski definition) is 4. The number of nitrogens with zero attached hydrogens (tertiary/aromatic N) is 2. The van der Waals surface area contributed by atoms with Crippen LogP contribution < -0.4 is 10.6 Å². The predicted octanol–water partition coefficient (Wildman–Crippen LogP) is 4.42. The van der Waals surface area contributed by atoms with E-state index in [2.05, 4.69) is 18.0 Å². The van der Waals surface area contributed by atoms with Crippen LogP contribution in [0.4, 0.5) is 11.4 Å². The van der Waals surface area contributed by atoms with Gasteiger partial charge in [0.1, 0.15) is 9.71 Å². The number of nitrogen functional groups attached to an aromatic ring is 1. The molecule has 4 rings (SSSR count). The molecule has 0 atom stereocenters. The van der Waals surface area contributed by atoms with Gasteiger partial charge in [-0.05, 0) is 43.0 Å². The van der Waals surface area contributed by atoms with Gasteiger partial charge in [-0.2, -0.15) is 0 Å². The van der Waals surface area contributed by atoms with Crippen LogP contribution in [0.25, 0.3) is 10.2 Å². The summed E-state index contributed by atoms with van der Waals surface area (Å²) in [6.07, 6.45) is 3.99. The van der Waals surface area contributed by atoms with Crippen molar-refractivity contribution >= 4 is 38.8 Å². The van der Waals surface area contributed by atoms with Crippen molar-refractivity contribution in [2.45, 2.75) is 32.6 Å². The van der Waals surface area contributed by atoms with Gasteiger partial charge in [0, 0.05) is 23.3 Å². The van der Waals surface area contributed by atoms with E-state index in [0.29, 0.717) is 10.6 Å². The zero-order valence-corrected chi connectivity index (χ0v) is 15.1. The van der Waals surface area contributed by atoms with Gasteiger partial charge in [-0.15, -0.1) is 11.3 Å². The number of fused-ring (bicyclic) bond motifs is 2. The fraction of sp³-hybridized carbons (Fsp3) is 0.300. The maximum atomic E-state index is 13.2. The lowest BCUT2D eigenvalue weighted by Crippen LogP contribution is -2.35. The highest BCUT2D eigenvalue weighted by molar-refractivity contribution is 7.21. The molecule has 25 heavy (non-hydrogen) atoms. The van der Waals surface area contributed by atoms with Gasteiger partial charge in [0.15, 0.2) is 0 Å². The molecule has 0 radical (unpaired) electrons. The van der Waals surface area contributed by atoms with Crippen LogP contribution >= 0.6 is 11.3 Å². The molecule has 1 amide bonds.